The van der Waals surface area contributed by atoms with Gasteiger partial charge in [-0.25, -0.2) is 0 Å². The van der Waals surface area contributed by atoms with Gasteiger partial charge in [-0.2, -0.15) is 0 Å². The third-order valence-corrected chi connectivity index (χ3v) is 1.01. The summed E-state index contributed by atoms with van der Waals surface area (Å²) in [6, 6.07) is 0. The Bertz CT molecular complexity index is 60.4. The quantitative estimate of drug-likeness (QED) is 0.496. The van der Waals surface area contributed by atoms with E-state index in [4.69, 9.17) is 0 Å². The first-order valence-electron chi connectivity index (χ1n) is 2.76. The summed E-state index contributed by atoms with van der Waals surface area (Å²) in [6.07, 6.45) is 5.38. The van der Waals surface area contributed by atoms with Gasteiger partial charge in [-0.1, -0.05) is 25.5 Å². The van der Waals surface area contributed by atoms with E-state index >= 15 is 0 Å². The lowest BCUT2D eigenvalue weighted by Gasteiger charge is -1.88. The first-order chi connectivity index (χ1) is 3.31. The van der Waals surface area contributed by atoms with Gasteiger partial charge in [0, 0.05) is 0 Å². The highest BCUT2D eigenvalue weighted by Gasteiger charge is 1.77. The molecule has 0 aromatic heterocycles. The van der Waals surface area contributed by atoms with Crippen LogP contribution in [-0.4, -0.2) is 0 Å². The van der Waals surface area contributed by atoms with Crippen LogP contribution in [0.5, 0.6) is 0 Å². The van der Waals surface area contributed by atoms with Gasteiger partial charge < -0.3 is 0 Å². The predicted octanol–water partition coefficient (Wildman–Crippen LogP) is 2.57. The fourth-order valence-corrected chi connectivity index (χ4v) is 0.402. The van der Waals surface area contributed by atoms with Gasteiger partial charge in [-0.15, -0.1) is 0 Å². The highest BCUT2D eigenvalue weighted by Crippen LogP contribution is 1.97. The molecule has 0 bridgehead atoms. The zero-order valence-corrected chi connectivity index (χ0v) is 5.36. The molecule has 0 rings (SSSR count). The number of hydrogen-bond donors (Lipinski definition) is 0. The van der Waals surface area contributed by atoms with Crippen molar-refractivity contribution >= 4 is 0 Å². The maximum atomic E-state index is 2.16. The first kappa shape index (κ1) is 6.74. The number of rotatable bonds is 2. The summed E-state index contributed by atoms with van der Waals surface area (Å²) in [5.74, 6) is 0. The van der Waals surface area contributed by atoms with Gasteiger partial charge in [0.05, 0.1) is 0 Å². The van der Waals surface area contributed by atoms with E-state index in [0.717, 1.165) is 0 Å². The standard InChI is InChI=1S/C7H13/c1-4-6-7(3)5-2/h4,6H,5H2,1-3H3/b7-6+. The van der Waals surface area contributed by atoms with E-state index in [1.807, 2.05) is 6.92 Å². The van der Waals surface area contributed by atoms with Gasteiger partial charge in [0.2, 0.25) is 0 Å². The molecule has 7 heavy (non-hydrogen) atoms. The van der Waals surface area contributed by atoms with Crippen molar-refractivity contribution in [1.29, 1.82) is 0 Å². The Morgan fingerprint density at radius 3 is 2.29 bits per heavy atom. The van der Waals surface area contributed by atoms with Crippen LogP contribution < -0.4 is 0 Å². The van der Waals surface area contributed by atoms with Crippen LogP contribution in [0, 0.1) is 6.42 Å². The van der Waals surface area contributed by atoms with Crippen molar-refractivity contribution in [3.8, 4) is 0 Å². The summed E-state index contributed by atoms with van der Waals surface area (Å²) in [4.78, 5) is 0. The molecule has 0 fully saturated rings. The average Bonchev–Trinajstić information content (AvgIpc) is 1.68. The lowest BCUT2D eigenvalue weighted by atomic mass is 10.2. The highest BCUT2D eigenvalue weighted by atomic mass is 13.8. The Labute approximate surface area is 46.2 Å². The van der Waals surface area contributed by atoms with E-state index in [2.05, 4.69) is 26.3 Å². The third-order valence-electron chi connectivity index (χ3n) is 1.01. The fourth-order valence-electron chi connectivity index (χ4n) is 0.402. The molecule has 0 aliphatic rings. The van der Waals surface area contributed by atoms with Crippen molar-refractivity contribution < 1.29 is 0 Å². The van der Waals surface area contributed by atoms with E-state index in [0.29, 0.717) is 0 Å². The fraction of sp³-hybridized carbons (Fsp3) is 0.571. The zero-order chi connectivity index (χ0) is 5.70. The number of hydrogen-bond acceptors (Lipinski definition) is 0. The Morgan fingerprint density at radius 2 is 2.14 bits per heavy atom. The third kappa shape index (κ3) is 3.57. The molecule has 0 amide bonds. The molecule has 0 aromatic rings. The molecule has 0 nitrogen and oxygen atoms in total. The van der Waals surface area contributed by atoms with Crippen molar-refractivity contribution in [2.45, 2.75) is 27.2 Å². The molecule has 0 aromatic carbocycles. The molecule has 0 spiro atoms. The van der Waals surface area contributed by atoms with Gasteiger partial charge in [0.25, 0.3) is 0 Å². The first-order valence-corrected chi connectivity index (χ1v) is 2.76. The molecule has 0 saturated heterocycles. The molecule has 0 saturated carbocycles. The van der Waals surface area contributed by atoms with E-state index in [-0.39, 0.29) is 0 Å². The Hall–Kier alpha value is -0.260. The van der Waals surface area contributed by atoms with E-state index in [1.54, 1.807) is 0 Å². The van der Waals surface area contributed by atoms with Crippen molar-refractivity contribution in [1.82, 2.24) is 0 Å². The van der Waals surface area contributed by atoms with Crippen LogP contribution >= 0.6 is 0 Å². The summed E-state index contributed by atoms with van der Waals surface area (Å²) in [6.45, 7) is 6.34. The van der Waals surface area contributed by atoms with Crippen LogP contribution in [0.2, 0.25) is 0 Å². The topological polar surface area (TPSA) is 0 Å². The molecule has 0 atom stereocenters. The van der Waals surface area contributed by atoms with Crippen LogP contribution in [0.15, 0.2) is 11.6 Å². The summed E-state index contributed by atoms with van der Waals surface area (Å²) >= 11 is 0. The molecule has 41 valence electrons. The second-order valence-electron chi connectivity index (χ2n) is 1.70. The molecule has 1 radical (unpaired) electrons. The second kappa shape index (κ2) is 3.91. The van der Waals surface area contributed by atoms with Crippen molar-refractivity contribution in [3.63, 3.8) is 0 Å². The lowest BCUT2D eigenvalue weighted by molar-refractivity contribution is 1.09. The zero-order valence-electron chi connectivity index (χ0n) is 5.36. The van der Waals surface area contributed by atoms with Gasteiger partial charge >= 0.3 is 0 Å². The van der Waals surface area contributed by atoms with Crippen LogP contribution in [-0.2, 0) is 0 Å². The largest absolute Gasteiger partial charge is 0.0822 e. The number of allylic oxidation sites excluding steroid dienone is 2. The second-order valence-corrected chi connectivity index (χ2v) is 1.70. The van der Waals surface area contributed by atoms with Crippen LogP contribution in [0.3, 0.4) is 0 Å². The molecular weight excluding hydrogens is 84.1 g/mol. The van der Waals surface area contributed by atoms with Crippen LogP contribution in [0.4, 0.5) is 0 Å². The average molecular weight is 97.2 g/mol. The summed E-state index contributed by atoms with van der Waals surface area (Å²) in [5, 5.41) is 0. The monoisotopic (exact) mass is 97.1 g/mol. The van der Waals surface area contributed by atoms with Crippen molar-refractivity contribution in [2.75, 3.05) is 0 Å². The van der Waals surface area contributed by atoms with Crippen LogP contribution in [0.1, 0.15) is 27.2 Å². The normalized spacial score (nSPS) is 12.1. The lowest BCUT2D eigenvalue weighted by Crippen LogP contribution is -1.68. The van der Waals surface area contributed by atoms with Gasteiger partial charge in [-0.3, -0.25) is 0 Å². The summed E-state index contributed by atoms with van der Waals surface area (Å²) in [7, 11) is 0. The van der Waals surface area contributed by atoms with Crippen molar-refractivity contribution in [2.24, 2.45) is 0 Å². The predicted molar refractivity (Wildman–Crippen MR) is 34.0 cm³/mol. The Kier molecular flexibility index (Phi) is 3.77. The SMILES string of the molecule is C[CH]/C=C(\C)CC. The van der Waals surface area contributed by atoms with Crippen LogP contribution in [0.25, 0.3) is 0 Å². The van der Waals surface area contributed by atoms with E-state index in [1.165, 1.54) is 12.0 Å². The molecule has 0 heterocycles. The minimum Gasteiger partial charge on any atom is -0.0822 e. The van der Waals surface area contributed by atoms with E-state index in [9.17, 15) is 0 Å². The molecule has 0 N–H and O–H groups in total. The summed E-state index contributed by atoms with van der Waals surface area (Å²) < 4.78 is 0. The molecule has 0 unspecified atom stereocenters. The molecular formula is C7H13. The maximum Gasteiger partial charge on any atom is -0.0199 e. The smallest absolute Gasteiger partial charge is 0.0199 e. The Morgan fingerprint density at radius 1 is 1.57 bits per heavy atom. The maximum absolute atomic E-state index is 2.16. The van der Waals surface area contributed by atoms with E-state index < -0.39 is 0 Å². The van der Waals surface area contributed by atoms with Gasteiger partial charge in [0.1, 0.15) is 0 Å². The molecule has 0 aliphatic heterocycles. The minimum absolute atomic E-state index is 1.17. The molecule has 0 heteroatoms. The minimum atomic E-state index is 1.17. The summed E-state index contributed by atoms with van der Waals surface area (Å²) in [5.41, 5.74) is 1.45. The van der Waals surface area contributed by atoms with Gasteiger partial charge in [0.15, 0.2) is 0 Å². The Balaban J connectivity index is 3.29. The highest BCUT2D eigenvalue weighted by molar-refractivity contribution is 5.02. The van der Waals surface area contributed by atoms with Crippen molar-refractivity contribution in [3.05, 3.63) is 18.1 Å². The molecule has 0 aliphatic carbocycles. The van der Waals surface area contributed by atoms with Gasteiger partial charge in [-0.05, 0) is 19.8 Å².